The maximum atomic E-state index is 13.5. The summed E-state index contributed by atoms with van der Waals surface area (Å²) in [6, 6.07) is 6.31. The largest absolute Gasteiger partial charge is 0.374 e. The molecule has 0 aliphatic heterocycles. The fourth-order valence-electron chi connectivity index (χ4n) is 2.02. The van der Waals surface area contributed by atoms with Crippen LogP contribution in [-0.4, -0.2) is 18.0 Å². The Labute approximate surface area is 121 Å². The van der Waals surface area contributed by atoms with Crippen molar-refractivity contribution in [3.8, 4) is 6.07 Å². The first-order chi connectivity index (χ1) is 9.44. The van der Waals surface area contributed by atoms with Crippen LogP contribution in [0.3, 0.4) is 0 Å². The van der Waals surface area contributed by atoms with E-state index in [1.165, 1.54) is 18.2 Å². The summed E-state index contributed by atoms with van der Waals surface area (Å²) in [5, 5.41) is 14.8. The number of halogens is 2. The van der Waals surface area contributed by atoms with Crippen LogP contribution in [0.1, 0.15) is 19.8 Å². The van der Waals surface area contributed by atoms with Gasteiger partial charge in [-0.25, -0.2) is 4.39 Å². The van der Waals surface area contributed by atoms with Gasteiger partial charge in [0.15, 0.2) is 0 Å². The first-order valence-corrected chi connectivity index (χ1v) is 6.73. The molecule has 106 valence electrons. The number of benzene rings is 1. The molecule has 0 heterocycles. The SMILES string of the molecule is CC(C#N)(NC(=O)CNc1ccc(Cl)cc1F)C1CC1. The second kappa shape index (κ2) is 5.68. The van der Waals surface area contributed by atoms with Gasteiger partial charge in [-0.15, -0.1) is 0 Å². The highest BCUT2D eigenvalue weighted by molar-refractivity contribution is 6.30. The monoisotopic (exact) mass is 295 g/mol. The van der Waals surface area contributed by atoms with Gasteiger partial charge in [0, 0.05) is 5.02 Å². The molecule has 1 aromatic rings. The van der Waals surface area contributed by atoms with Crippen LogP contribution in [0.15, 0.2) is 18.2 Å². The summed E-state index contributed by atoms with van der Waals surface area (Å²) in [6.07, 6.45) is 1.90. The van der Waals surface area contributed by atoms with Gasteiger partial charge in [-0.3, -0.25) is 4.79 Å². The molecule has 6 heteroatoms. The Morgan fingerprint density at radius 1 is 1.60 bits per heavy atom. The van der Waals surface area contributed by atoms with Crippen molar-refractivity contribution in [3.05, 3.63) is 29.0 Å². The zero-order valence-corrected chi connectivity index (χ0v) is 11.8. The summed E-state index contributed by atoms with van der Waals surface area (Å²) in [4.78, 5) is 11.8. The fourth-order valence-corrected chi connectivity index (χ4v) is 2.18. The zero-order valence-electron chi connectivity index (χ0n) is 11.0. The molecule has 2 rings (SSSR count). The maximum absolute atomic E-state index is 13.5. The van der Waals surface area contributed by atoms with Gasteiger partial charge in [0.1, 0.15) is 11.4 Å². The number of nitriles is 1. The zero-order chi connectivity index (χ0) is 14.8. The standard InChI is InChI=1S/C14H15ClFN3O/c1-14(8-17,9-2-3-9)19-13(20)7-18-12-5-4-10(15)6-11(12)16/h4-6,9,18H,2-3,7H2,1H3,(H,19,20). The molecule has 1 atom stereocenters. The molecule has 1 aliphatic rings. The van der Waals surface area contributed by atoms with Crippen molar-refractivity contribution >= 4 is 23.2 Å². The molecule has 1 aromatic carbocycles. The minimum Gasteiger partial charge on any atom is -0.374 e. The van der Waals surface area contributed by atoms with E-state index in [0.29, 0.717) is 5.02 Å². The quantitative estimate of drug-likeness (QED) is 0.878. The molecule has 0 radical (unpaired) electrons. The Morgan fingerprint density at radius 2 is 2.30 bits per heavy atom. The third-order valence-corrected chi connectivity index (χ3v) is 3.63. The van der Waals surface area contributed by atoms with Crippen LogP contribution in [0.5, 0.6) is 0 Å². The lowest BCUT2D eigenvalue weighted by molar-refractivity contribution is -0.120. The average Bonchev–Trinajstić information content (AvgIpc) is 3.22. The van der Waals surface area contributed by atoms with Gasteiger partial charge in [0.25, 0.3) is 0 Å². The number of hydrogen-bond acceptors (Lipinski definition) is 3. The molecular weight excluding hydrogens is 281 g/mol. The second-order valence-electron chi connectivity index (χ2n) is 5.11. The van der Waals surface area contributed by atoms with Gasteiger partial charge < -0.3 is 10.6 Å². The van der Waals surface area contributed by atoms with Crippen molar-refractivity contribution in [2.24, 2.45) is 5.92 Å². The summed E-state index contributed by atoms with van der Waals surface area (Å²) >= 11 is 5.64. The lowest BCUT2D eigenvalue weighted by Crippen LogP contribution is -2.48. The Bertz CT molecular complexity index is 568. The van der Waals surface area contributed by atoms with E-state index in [9.17, 15) is 9.18 Å². The van der Waals surface area contributed by atoms with E-state index in [2.05, 4.69) is 16.7 Å². The fraction of sp³-hybridized carbons (Fsp3) is 0.429. The van der Waals surface area contributed by atoms with E-state index in [0.717, 1.165) is 12.8 Å². The van der Waals surface area contributed by atoms with E-state index in [1.54, 1.807) is 6.92 Å². The molecule has 0 bridgehead atoms. The highest BCUT2D eigenvalue weighted by Gasteiger charge is 2.42. The van der Waals surface area contributed by atoms with Gasteiger partial charge in [-0.05, 0) is 43.9 Å². The van der Waals surface area contributed by atoms with Crippen LogP contribution in [0.4, 0.5) is 10.1 Å². The predicted molar refractivity (Wildman–Crippen MR) is 74.8 cm³/mol. The van der Waals surface area contributed by atoms with Gasteiger partial charge in [-0.1, -0.05) is 11.6 Å². The number of nitrogens with one attached hydrogen (secondary N) is 2. The Balaban J connectivity index is 1.90. The molecule has 0 saturated heterocycles. The second-order valence-corrected chi connectivity index (χ2v) is 5.55. The van der Waals surface area contributed by atoms with E-state index in [4.69, 9.17) is 16.9 Å². The summed E-state index contributed by atoms with van der Waals surface area (Å²) in [5.41, 5.74) is -0.633. The van der Waals surface area contributed by atoms with Crippen molar-refractivity contribution in [1.29, 1.82) is 5.26 Å². The number of amides is 1. The van der Waals surface area contributed by atoms with E-state index in [1.807, 2.05) is 0 Å². The molecule has 1 amide bonds. The first kappa shape index (κ1) is 14.6. The summed E-state index contributed by atoms with van der Waals surface area (Å²) in [6.45, 7) is 1.62. The molecular formula is C14H15ClFN3O. The molecule has 4 nitrogen and oxygen atoms in total. The van der Waals surface area contributed by atoms with Crippen molar-refractivity contribution in [2.45, 2.75) is 25.3 Å². The van der Waals surface area contributed by atoms with Crippen LogP contribution in [0.2, 0.25) is 5.02 Å². The summed E-state index contributed by atoms with van der Waals surface area (Å²) in [7, 11) is 0. The minimum absolute atomic E-state index is 0.0947. The summed E-state index contributed by atoms with van der Waals surface area (Å²) < 4.78 is 13.5. The van der Waals surface area contributed by atoms with Crippen LogP contribution in [0.25, 0.3) is 0 Å². The van der Waals surface area contributed by atoms with Gasteiger partial charge in [0.2, 0.25) is 5.91 Å². The molecule has 0 aromatic heterocycles. The van der Waals surface area contributed by atoms with Crippen LogP contribution in [0, 0.1) is 23.1 Å². The van der Waals surface area contributed by atoms with Crippen LogP contribution >= 0.6 is 11.6 Å². The van der Waals surface area contributed by atoms with Crippen LogP contribution in [-0.2, 0) is 4.79 Å². The molecule has 0 spiro atoms. The van der Waals surface area contributed by atoms with Crippen molar-refractivity contribution < 1.29 is 9.18 Å². The van der Waals surface area contributed by atoms with Gasteiger partial charge >= 0.3 is 0 Å². The van der Waals surface area contributed by atoms with Gasteiger partial charge in [0.05, 0.1) is 18.3 Å². The third kappa shape index (κ3) is 3.40. The Kier molecular flexibility index (Phi) is 4.15. The number of rotatable bonds is 5. The molecule has 1 fully saturated rings. The maximum Gasteiger partial charge on any atom is 0.240 e. The Morgan fingerprint density at radius 3 is 2.85 bits per heavy atom. The van der Waals surface area contributed by atoms with Crippen molar-refractivity contribution in [1.82, 2.24) is 5.32 Å². The highest BCUT2D eigenvalue weighted by atomic mass is 35.5. The normalized spacial score (nSPS) is 16.9. The molecule has 1 saturated carbocycles. The van der Waals surface area contributed by atoms with E-state index < -0.39 is 11.4 Å². The number of anilines is 1. The highest BCUT2D eigenvalue weighted by Crippen LogP contribution is 2.39. The molecule has 2 N–H and O–H groups in total. The third-order valence-electron chi connectivity index (χ3n) is 3.40. The summed E-state index contributed by atoms with van der Waals surface area (Å²) in [5.74, 6) is -0.644. The smallest absolute Gasteiger partial charge is 0.240 e. The van der Waals surface area contributed by atoms with Crippen LogP contribution < -0.4 is 10.6 Å². The number of carbonyl (C=O) groups excluding carboxylic acids is 1. The molecule has 1 unspecified atom stereocenters. The number of hydrogen-bond donors (Lipinski definition) is 2. The van der Waals surface area contributed by atoms with Crippen molar-refractivity contribution in [2.75, 3.05) is 11.9 Å². The molecule has 1 aliphatic carbocycles. The lowest BCUT2D eigenvalue weighted by Gasteiger charge is -2.23. The van der Waals surface area contributed by atoms with Crippen molar-refractivity contribution in [3.63, 3.8) is 0 Å². The topological polar surface area (TPSA) is 64.9 Å². The Hall–Kier alpha value is -1.80. The van der Waals surface area contributed by atoms with E-state index >= 15 is 0 Å². The van der Waals surface area contributed by atoms with E-state index in [-0.39, 0.29) is 24.1 Å². The predicted octanol–water partition coefficient (Wildman–Crippen LogP) is 2.70. The first-order valence-electron chi connectivity index (χ1n) is 6.36. The number of carbonyl (C=O) groups is 1. The number of nitrogens with zero attached hydrogens (tertiary/aromatic N) is 1. The average molecular weight is 296 g/mol. The molecule has 20 heavy (non-hydrogen) atoms. The lowest BCUT2D eigenvalue weighted by atomic mass is 9.98. The van der Waals surface area contributed by atoms with Gasteiger partial charge in [-0.2, -0.15) is 5.26 Å². The minimum atomic E-state index is -0.836.